The highest BCUT2D eigenvalue weighted by atomic mass is 16.3. The quantitative estimate of drug-likeness (QED) is 0.152. The first-order chi connectivity index (χ1) is 39.2. The van der Waals surface area contributed by atoms with Gasteiger partial charge in [0, 0.05) is 65.0 Å². The van der Waals surface area contributed by atoms with Crippen molar-refractivity contribution >= 4 is 109 Å². The maximum Gasteiger partial charge on any atom is 0.143 e. The van der Waals surface area contributed by atoms with Crippen LogP contribution in [0.3, 0.4) is 0 Å². The Balaban J connectivity index is 0.865. The second-order valence-corrected chi connectivity index (χ2v) is 21.0. The Hall–Kier alpha value is -10.5. The van der Waals surface area contributed by atoms with Crippen molar-refractivity contribution in [3.05, 3.63) is 279 Å². The molecule has 3 aromatic heterocycles. The molecule has 0 spiro atoms. The lowest BCUT2D eigenvalue weighted by Crippen LogP contribution is -1.99. The van der Waals surface area contributed by atoms with Crippen LogP contribution in [0.2, 0.25) is 0 Å². The summed E-state index contributed by atoms with van der Waals surface area (Å²) in [5.74, 6) is 0. The van der Waals surface area contributed by atoms with Gasteiger partial charge in [-0.05, 0) is 103 Å². The van der Waals surface area contributed by atoms with E-state index in [-0.39, 0.29) is 0 Å². The molecule has 0 aliphatic rings. The molecule has 0 saturated carbocycles. The van der Waals surface area contributed by atoms with Gasteiger partial charge in [-0.25, -0.2) is 0 Å². The highest BCUT2D eigenvalue weighted by Crippen LogP contribution is 2.49. The van der Waals surface area contributed by atoms with E-state index in [0.717, 1.165) is 33.1 Å². The third-order valence-corrected chi connectivity index (χ3v) is 16.9. The number of para-hydroxylation sites is 3. The first-order valence-electron chi connectivity index (χ1n) is 27.2. The zero-order valence-corrected chi connectivity index (χ0v) is 42.9. The smallest absolute Gasteiger partial charge is 0.143 e. The monoisotopic (exact) mass is 1000 g/mol. The van der Waals surface area contributed by atoms with E-state index in [4.69, 9.17) is 4.42 Å². The summed E-state index contributed by atoms with van der Waals surface area (Å²) in [5.41, 5.74) is 18.3. The Morgan fingerprint density at radius 3 is 1.06 bits per heavy atom. The third kappa shape index (κ3) is 6.42. The minimum Gasteiger partial charge on any atom is -0.455 e. The summed E-state index contributed by atoms with van der Waals surface area (Å²) in [6.07, 6.45) is 0. The number of aromatic nitrogens is 2. The Morgan fingerprint density at radius 2 is 0.582 bits per heavy atom. The fourth-order valence-corrected chi connectivity index (χ4v) is 13.5. The Labute approximate surface area is 454 Å². The van der Waals surface area contributed by atoms with Gasteiger partial charge in [-0.1, -0.05) is 231 Å². The van der Waals surface area contributed by atoms with Gasteiger partial charge in [0.2, 0.25) is 0 Å². The summed E-state index contributed by atoms with van der Waals surface area (Å²) in [7, 11) is 0. The fourth-order valence-electron chi connectivity index (χ4n) is 13.5. The largest absolute Gasteiger partial charge is 0.455 e. The van der Waals surface area contributed by atoms with Gasteiger partial charge >= 0.3 is 0 Å². The van der Waals surface area contributed by atoms with Gasteiger partial charge < -0.3 is 13.6 Å². The average molecular weight is 1000 g/mol. The summed E-state index contributed by atoms with van der Waals surface area (Å²) in [6, 6.07) is 102. The molecule has 17 aromatic rings. The van der Waals surface area contributed by atoms with Crippen molar-refractivity contribution in [2.45, 2.75) is 0 Å². The predicted octanol–water partition coefficient (Wildman–Crippen LogP) is 21.1. The molecule has 79 heavy (non-hydrogen) atoms. The minimum absolute atomic E-state index is 0.863. The Bertz CT molecular complexity index is 5250. The van der Waals surface area contributed by atoms with Crippen molar-refractivity contribution < 1.29 is 4.42 Å². The van der Waals surface area contributed by atoms with Crippen LogP contribution in [-0.4, -0.2) is 9.13 Å². The second kappa shape index (κ2) is 17.0. The van der Waals surface area contributed by atoms with E-state index < -0.39 is 0 Å². The average Bonchev–Trinajstić information content (AvgIpc) is 4.21. The fraction of sp³-hybridized carbons (Fsp3) is 0. The molecule has 17 rings (SSSR count). The number of hydrogen-bond acceptors (Lipinski definition) is 1. The predicted molar refractivity (Wildman–Crippen MR) is 334 cm³/mol. The van der Waals surface area contributed by atoms with Crippen molar-refractivity contribution in [3.8, 4) is 55.9 Å². The molecule has 3 nitrogen and oxygen atoms in total. The zero-order chi connectivity index (χ0) is 51.7. The summed E-state index contributed by atoms with van der Waals surface area (Å²) in [5, 5.41) is 16.6. The highest BCUT2D eigenvalue weighted by Gasteiger charge is 2.25. The lowest BCUT2D eigenvalue weighted by atomic mass is 9.89. The number of benzene rings is 14. The summed E-state index contributed by atoms with van der Waals surface area (Å²) in [6.45, 7) is 0. The van der Waals surface area contributed by atoms with Gasteiger partial charge in [0.1, 0.15) is 11.2 Å². The molecule has 3 heterocycles. The highest BCUT2D eigenvalue weighted by molar-refractivity contribution is 6.25. The molecular weight excluding hydrogens is 957 g/mol. The molecule has 0 N–H and O–H groups in total. The second-order valence-electron chi connectivity index (χ2n) is 21.0. The van der Waals surface area contributed by atoms with Crippen LogP contribution in [-0.2, 0) is 0 Å². The van der Waals surface area contributed by atoms with Crippen LogP contribution in [0.1, 0.15) is 0 Å². The van der Waals surface area contributed by atoms with Gasteiger partial charge in [0.25, 0.3) is 0 Å². The van der Waals surface area contributed by atoms with Crippen LogP contribution in [0.5, 0.6) is 0 Å². The molecule has 366 valence electrons. The number of furan rings is 1. The van der Waals surface area contributed by atoms with E-state index >= 15 is 0 Å². The molecule has 0 atom stereocenters. The summed E-state index contributed by atoms with van der Waals surface area (Å²) < 4.78 is 12.2. The number of rotatable bonds is 6. The van der Waals surface area contributed by atoms with E-state index in [1.54, 1.807) is 0 Å². The lowest BCUT2D eigenvalue weighted by molar-refractivity contribution is 0.670. The van der Waals surface area contributed by atoms with E-state index in [2.05, 4.69) is 288 Å². The summed E-state index contributed by atoms with van der Waals surface area (Å²) >= 11 is 0. The van der Waals surface area contributed by atoms with Crippen LogP contribution in [0.4, 0.5) is 0 Å². The number of fused-ring (bicyclic) bond motifs is 13. The Morgan fingerprint density at radius 1 is 0.215 bits per heavy atom. The van der Waals surface area contributed by atoms with E-state index in [9.17, 15) is 0 Å². The Kier molecular flexibility index (Phi) is 9.42. The first kappa shape index (κ1) is 43.7. The lowest BCUT2D eigenvalue weighted by Gasteiger charge is -2.19. The van der Waals surface area contributed by atoms with Gasteiger partial charge in [-0.3, -0.25) is 0 Å². The maximum absolute atomic E-state index is 7.15. The van der Waals surface area contributed by atoms with Crippen molar-refractivity contribution in [2.75, 3.05) is 0 Å². The van der Waals surface area contributed by atoms with Gasteiger partial charge in [-0.2, -0.15) is 0 Å². The molecule has 3 heteroatoms. The molecule has 0 fully saturated rings. The van der Waals surface area contributed by atoms with Gasteiger partial charge in [-0.15, -0.1) is 0 Å². The molecule has 0 aliphatic heterocycles. The van der Waals surface area contributed by atoms with Crippen molar-refractivity contribution in [2.24, 2.45) is 0 Å². The van der Waals surface area contributed by atoms with Crippen LogP contribution in [0, 0.1) is 0 Å². The molecule has 14 aromatic carbocycles. The van der Waals surface area contributed by atoms with E-state index in [0.29, 0.717) is 0 Å². The molecule has 0 bridgehead atoms. The molecule has 0 amide bonds. The molecule has 0 saturated heterocycles. The van der Waals surface area contributed by atoms with E-state index in [1.807, 2.05) is 0 Å². The van der Waals surface area contributed by atoms with Crippen LogP contribution in [0.25, 0.3) is 165 Å². The molecule has 0 radical (unpaired) electrons. The molecule has 0 aliphatic carbocycles. The van der Waals surface area contributed by atoms with E-state index in [1.165, 1.54) is 131 Å². The SMILES string of the molecule is c1ccc(-c2ccc3c(c2)c2ccccc2n3-c2c3ccccc3c(-c3ccc4oc5c(-c6c7ccccc7c(-n7c8ccccc8c8cc(-c9ccccc9)ccc87)c7ccccc67)cccc5c4c3)c3ccccc23)cc1. The van der Waals surface area contributed by atoms with Crippen LogP contribution >= 0.6 is 0 Å². The van der Waals surface area contributed by atoms with Gasteiger partial charge in [0.05, 0.1) is 33.4 Å². The number of hydrogen-bond donors (Lipinski definition) is 0. The third-order valence-electron chi connectivity index (χ3n) is 16.9. The molecular formula is C76H46N2O. The maximum atomic E-state index is 7.15. The van der Waals surface area contributed by atoms with Crippen LogP contribution < -0.4 is 0 Å². The van der Waals surface area contributed by atoms with Crippen LogP contribution in [0.15, 0.2) is 283 Å². The van der Waals surface area contributed by atoms with Crippen molar-refractivity contribution in [1.29, 1.82) is 0 Å². The van der Waals surface area contributed by atoms with Gasteiger partial charge in [0.15, 0.2) is 0 Å². The topological polar surface area (TPSA) is 23.0 Å². The zero-order valence-electron chi connectivity index (χ0n) is 42.9. The summed E-state index contributed by atoms with van der Waals surface area (Å²) in [4.78, 5) is 0. The first-order valence-corrected chi connectivity index (χ1v) is 27.2. The van der Waals surface area contributed by atoms with Crippen molar-refractivity contribution in [1.82, 2.24) is 9.13 Å². The molecule has 0 unspecified atom stereocenters. The standard InChI is InChI=1S/C76H46N2O/c1-3-20-47(21-4-1)49-38-41-69-64(44-49)52-24-15-17-36-67(52)77(69)74-58-30-11-7-26-54(58)72(55-27-8-12-31-59(55)74)51-40-43-71-66(46-51)62-34-19-35-63(76(62)79-71)73-56-28-9-13-32-60(56)75(61-33-14-10-29-57(61)73)78-68-37-18-16-25-53(68)65-45-50(39-42-70(65)78)48-22-5-2-6-23-48/h1-46H. The minimum atomic E-state index is 0.863. The van der Waals surface area contributed by atoms with Crippen molar-refractivity contribution in [3.63, 3.8) is 0 Å². The number of nitrogens with zero attached hydrogens (tertiary/aromatic N) is 2. The normalized spacial score (nSPS) is 12.1.